The molecular formula is C22H20N4O. The molecule has 0 saturated carbocycles. The van der Waals surface area contributed by atoms with E-state index in [9.17, 15) is 0 Å². The van der Waals surface area contributed by atoms with E-state index in [0.717, 1.165) is 28.4 Å². The monoisotopic (exact) mass is 356 g/mol. The SMILES string of the molecule is N#CCCN(Cc1ccco1)Cc1c(-c2ccccc2)nc2ccccn12. The molecule has 1 aromatic carbocycles. The van der Waals surface area contributed by atoms with E-state index in [1.165, 1.54) is 0 Å². The van der Waals surface area contributed by atoms with Crippen molar-refractivity contribution in [2.24, 2.45) is 0 Å². The van der Waals surface area contributed by atoms with Gasteiger partial charge in [0.2, 0.25) is 0 Å². The Kier molecular flexibility index (Phi) is 4.99. The first-order chi connectivity index (χ1) is 13.3. The predicted octanol–water partition coefficient (Wildman–Crippen LogP) is 4.51. The zero-order valence-corrected chi connectivity index (χ0v) is 15.0. The molecule has 0 atom stereocenters. The molecule has 0 N–H and O–H groups in total. The molecule has 0 bridgehead atoms. The van der Waals surface area contributed by atoms with Crippen LogP contribution in [0.15, 0.2) is 77.5 Å². The van der Waals surface area contributed by atoms with E-state index < -0.39 is 0 Å². The molecule has 0 fully saturated rings. The first-order valence-corrected chi connectivity index (χ1v) is 8.98. The van der Waals surface area contributed by atoms with E-state index in [4.69, 9.17) is 14.7 Å². The highest BCUT2D eigenvalue weighted by atomic mass is 16.3. The maximum absolute atomic E-state index is 9.05. The molecule has 5 nitrogen and oxygen atoms in total. The number of aromatic nitrogens is 2. The molecule has 0 aliphatic rings. The molecule has 3 heterocycles. The average Bonchev–Trinajstić information content (AvgIpc) is 3.35. The molecule has 0 radical (unpaired) electrons. The van der Waals surface area contributed by atoms with Crippen molar-refractivity contribution in [3.8, 4) is 17.3 Å². The fraction of sp³-hybridized carbons (Fsp3) is 0.182. The second-order valence-electron chi connectivity index (χ2n) is 6.40. The van der Waals surface area contributed by atoms with Gasteiger partial charge in [-0.25, -0.2) is 4.98 Å². The van der Waals surface area contributed by atoms with Crippen molar-refractivity contribution in [2.75, 3.05) is 6.54 Å². The van der Waals surface area contributed by atoms with Gasteiger partial charge in [-0.05, 0) is 24.3 Å². The second-order valence-corrected chi connectivity index (χ2v) is 6.40. The summed E-state index contributed by atoms with van der Waals surface area (Å²) in [6, 6.07) is 22.4. The summed E-state index contributed by atoms with van der Waals surface area (Å²) in [5, 5.41) is 9.05. The van der Waals surface area contributed by atoms with E-state index in [1.807, 2.05) is 54.7 Å². The van der Waals surface area contributed by atoms with E-state index in [0.29, 0.717) is 26.1 Å². The Balaban J connectivity index is 1.73. The van der Waals surface area contributed by atoms with Crippen molar-refractivity contribution in [1.29, 1.82) is 5.26 Å². The Morgan fingerprint density at radius 3 is 2.63 bits per heavy atom. The van der Waals surface area contributed by atoms with Gasteiger partial charge in [0.05, 0.1) is 30.3 Å². The van der Waals surface area contributed by atoms with Gasteiger partial charge in [-0.3, -0.25) is 4.90 Å². The van der Waals surface area contributed by atoms with Crippen LogP contribution in [0.5, 0.6) is 0 Å². The molecule has 27 heavy (non-hydrogen) atoms. The van der Waals surface area contributed by atoms with Gasteiger partial charge in [0.15, 0.2) is 0 Å². The van der Waals surface area contributed by atoms with Crippen LogP contribution in [-0.4, -0.2) is 20.8 Å². The Morgan fingerprint density at radius 1 is 1.00 bits per heavy atom. The molecule has 0 saturated heterocycles. The van der Waals surface area contributed by atoms with E-state index >= 15 is 0 Å². The van der Waals surface area contributed by atoms with Crippen LogP contribution in [0.2, 0.25) is 0 Å². The van der Waals surface area contributed by atoms with E-state index in [2.05, 4.69) is 27.5 Å². The van der Waals surface area contributed by atoms with Crippen LogP contribution in [0.25, 0.3) is 16.9 Å². The lowest BCUT2D eigenvalue weighted by molar-refractivity contribution is 0.237. The van der Waals surface area contributed by atoms with Gasteiger partial charge >= 0.3 is 0 Å². The molecule has 0 aliphatic heterocycles. The molecule has 3 aromatic heterocycles. The van der Waals surface area contributed by atoms with Crippen molar-refractivity contribution < 1.29 is 4.42 Å². The van der Waals surface area contributed by atoms with E-state index in [1.54, 1.807) is 6.26 Å². The Hall–Kier alpha value is -3.36. The molecule has 0 aliphatic carbocycles. The van der Waals surface area contributed by atoms with E-state index in [-0.39, 0.29) is 0 Å². The standard InChI is InChI=1S/C22H20N4O/c23-12-7-13-25(16-19-10-6-15-27-19)17-20-22(18-8-2-1-3-9-18)24-21-11-4-5-14-26(20)21/h1-6,8-11,14-15H,7,13,16-17H2. The first kappa shape index (κ1) is 17.1. The molecule has 4 aromatic rings. The topological polar surface area (TPSA) is 57.5 Å². The lowest BCUT2D eigenvalue weighted by Crippen LogP contribution is -2.24. The number of benzene rings is 1. The van der Waals surface area contributed by atoms with Gasteiger partial charge in [0, 0.05) is 31.3 Å². The highest BCUT2D eigenvalue weighted by Gasteiger charge is 2.17. The molecule has 4 rings (SSSR count). The summed E-state index contributed by atoms with van der Waals surface area (Å²) in [6.45, 7) is 2.01. The minimum Gasteiger partial charge on any atom is -0.468 e. The summed E-state index contributed by atoms with van der Waals surface area (Å²) in [5.74, 6) is 0.892. The number of nitriles is 1. The number of furan rings is 1. The molecular weight excluding hydrogens is 336 g/mol. The minimum atomic E-state index is 0.470. The number of fused-ring (bicyclic) bond motifs is 1. The molecule has 0 spiro atoms. The zero-order valence-electron chi connectivity index (χ0n) is 15.0. The van der Waals surface area contributed by atoms with Crippen LogP contribution in [-0.2, 0) is 13.1 Å². The fourth-order valence-corrected chi connectivity index (χ4v) is 3.28. The normalized spacial score (nSPS) is 11.1. The maximum Gasteiger partial charge on any atom is 0.137 e. The van der Waals surface area contributed by atoms with Crippen LogP contribution in [0.4, 0.5) is 0 Å². The Labute approximate surface area is 158 Å². The average molecular weight is 356 g/mol. The van der Waals surface area contributed by atoms with Crippen molar-refractivity contribution in [3.63, 3.8) is 0 Å². The van der Waals surface area contributed by atoms with Crippen LogP contribution in [0, 0.1) is 11.3 Å². The summed E-state index contributed by atoms with van der Waals surface area (Å²) < 4.78 is 7.65. The van der Waals surface area contributed by atoms with Crippen LogP contribution in [0.3, 0.4) is 0 Å². The van der Waals surface area contributed by atoms with Crippen molar-refractivity contribution in [1.82, 2.24) is 14.3 Å². The fourth-order valence-electron chi connectivity index (χ4n) is 3.28. The lowest BCUT2D eigenvalue weighted by atomic mass is 10.1. The van der Waals surface area contributed by atoms with Crippen molar-refractivity contribution in [3.05, 3.63) is 84.6 Å². The maximum atomic E-state index is 9.05. The van der Waals surface area contributed by atoms with Crippen LogP contribution >= 0.6 is 0 Å². The molecule has 134 valence electrons. The molecule has 0 unspecified atom stereocenters. The number of hydrogen-bond donors (Lipinski definition) is 0. The van der Waals surface area contributed by atoms with Gasteiger partial charge < -0.3 is 8.82 Å². The number of nitrogens with zero attached hydrogens (tertiary/aromatic N) is 4. The molecule has 0 amide bonds. The third-order valence-electron chi connectivity index (χ3n) is 4.55. The van der Waals surface area contributed by atoms with Crippen molar-refractivity contribution >= 4 is 5.65 Å². The first-order valence-electron chi connectivity index (χ1n) is 8.98. The van der Waals surface area contributed by atoms with Crippen LogP contribution < -0.4 is 0 Å². The molecule has 5 heteroatoms. The Morgan fingerprint density at radius 2 is 1.85 bits per heavy atom. The highest BCUT2D eigenvalue weighted by molar-refractivity contribution is 5.66. The summed E-state index contributed by atoms with van der Waals surface area (Å²) in [7, 11) is 0. The van der Waals surface area contributed by atoms with Gasteiger partial charge in [0.25, 0.3) is 0 Å². The predicted molar refractivity (Wildman–Crippen MR) is 104 cm³/mol. The van der Waals surface area contributed by atoms with Crippen molar-refractivity contribution in [2.45, 2.75) is 19.5 Å². The summed E-state index contributed by atoms with van der Waals surface area (Å²) in [4.78, 5) is 7.09. The van der Waals surface area contributed by atoms with Gasteiger partial charge in [0.1, 0.15) is 11.4 Å². The van der Waals surface area contributed by atoms with Gasteiger partial charge in [-0.2, -0.15) is 5.26 Å². The second kappa shape index (κ2) is 7.90. The third kappa shape index (κ3) is 3.76. The summed E-state index contributed by atoms with van der Waals surface area (Å²) in [5.41, 5.74) is 4.10. The lowest BCUT2D eigenvalue weighted by Gasteiger charge is -2.20. The number of hydrogen-bond acceptors (Lipinski definition) is 4. The third-order valence-corrected chi connectivity index (χ3v) is 4.55. The number of imidazole rings is 1. The highest BCUT2D eigenvalue weighted by Crippen LogP contribution is 2.26. The van der Waals surface area contributed by atoms with Crippen LogP contribution in [0.1, 0.15) is 17.9 Å². The quantitative estimate of drug-likeness (QED) is 0.489. The van der Waals surface area contributed by atoms with Gasteiger partial charge in [-0.15, -0.1) is 0 Å². The largest absolute Gasteiger partial charge is 0.468 e. The smallest absolute Gasteiger partial charge is 0.137 e. The van der Waals surface area contributed by atoms with Gasteiger partial charge in [-0.1, -0.05) is 36.4 Å². The minimum absolute atomic E-state index is 0.470. The Bertz CT molecular complexity index is 1050. The number of rotatable bonds is 7. The number of pyridine rings is 1. The summed E-state index contributed by atoms with van der Waals surface area (Å²) >= 11 is 0. The zero-order chi connectivity index (χ0) is 18.5. The summed E-state index contributed by atoms with van der Waals surface area (Å²) in [6.07, 6.45) is 4.19.